The number of carbonyl (C=O) groups excluding carboxylic acids is 1. The van der Waals surface area contributed by atoms with E-state index in [9.17, 15) is 14.7 Å². The van der Waals surface area contributed by atoms with Crippen LogP contribution in [-0.4, -0.2) is 22.3 Å². The van der Waals surface area contributed by atoms with Crippen LogP contribution in [0.3, 0.4) is 0 Å². The molecule has 2 N–H and O–H groups in total. The molecular formula is C24H24O6. The van der Waals surface area contributed by atoms with E-state index in [4.69, 9.17) is 14.6 Å². The zero-order valence-corrected chi connectivity index (χ0v) is 16.7. The molecule has 3 aromatic rings. The summed E-state index contributed by atoms with van der Waals surface area (Å²) in [7, 11) is 0. The molecule has 0 saturated heterocycles. The first-order valence-corrected chi connectivity index (χ1v) is 9.55. The second kappa shape index (κ2) is 11.9. The standard InChI is InChI=1S/C13H10O3.C11H14O3/c14-13(15-11-7-3-1-4-8-11)16-12-9-5-2-6-10-12;1-2-3-5-8-6-4-7-9(10(8)12)11(13)14/h1-10H;4,6-7,12H,2-3,5H2,1H3,(H,13,14). The van der Waals surface area contributed by atoms with Crippen LogP contribution in [0.4, 0.5) is 4.79 Å². The van der Waals surface area contributed by atoms with Gasteiger partial charge in [0.2, 0.25) is 0 Å². The summed E-state index contributed by atoms with van der Waals surface area (Å²) >= 11 is 0. The average Bonchev–Trinajstić information content (AvgIpc) is 2.74. The molecule has 156 valence electrons. The first-order chi connectivity index (χ1) is 14.5. The number of hydrogen-bond donors (Lipinski definition) is 2. The number of carbonyl (C=O) groups is 2. The quantitative estimate of drug-likeness (QED) is 0.402. The Hall–Kier alpha value is -3.80. The monoisotopic (exact) mass is 408 g/mol. The van der Waals surface area contributed by atoms with Crippen molar-refractivity contribution in [3.05, 3.63) is 90.0 Å². The highest BCUT2D eigenvalue weighted by Gasteiger charge is 2.12. The largest absolute Gasteiger partial charge is 0.519 e. The van der Waals surface area contributed by atoms with E-state index in [0.29, 0.717) is 17.1 Å². The third-order valence-electron chi connectivity index (χ3n) is 4.04. The van der Waals surface area contributed by atoms with Crippen LogP contribution in [0.15, 0.2) is 78.9 Å². The molecule has 0 atom stereocenters. The van der Waals surface area contributed by atoms with E-state index in [1.165, 1.54) is 6.07 Å². The Morgan fingerprint density at radius 3 is 1.80 bits per heavy atom. The Bertz CT molecular complexity index is 895. The Morgan fingerprint density at radius 2 is 1.33 bits per heavy atom. The molecule has 30 heavy (non-hydrogen) atoms. The molecule has 0 aromatic heterocycles. The summed E-state index contributed by atoms with van der Waals surface area (Å²) in [5.41, 5.74) is 0.699. The van der Waals surface area contributed by atoms with Gasteiger partial charge in [0.1, 0.15) is 22.8 Å². The lowest BCUT2D eigenvalue weighted by Crippen LogP contribution is -2.13. The van der Waals surface area contributed by atoms with Crippen molar-refractivity contribution < 1.29 is 29.3 Å². The van der Waals surface area contributed by atoms with Crippen LogP contribution in [0.25, 0.3) is 0 Å². The molecule has 0 fully saturated rings. The van der Waals surface area contributed by atoms with Crippen molar-refractivity contribution in [1.82, 2.24) is 0 Å². The fraction of sp³-hybridized carbons (Fsp3) is 0.167. The smallest absolute Gasteiger partial charge is 0.507 e. The van der Waals surface area contributed by atoms with E-state index in [2.05, 4.69) is 6.92 Å². The van der Waals surface area contributed by atoms with Gasteiger partial charge in [-0.25, -0.2) is 9.59 Å². The highest BCUT2D eigenvalue weighted by molar-refractivity contribution is 5.91. The van der Waals surface area contributed by atoms with Gasteiger partial charge in [0, 0.05) is 0 Å². The Kier molecular flexibility index (Phi) is 8.93. The van der Waals surface area contributed by atoms with Crippen molar-refractivity contribution in [2.75, 3.05) is 0 Å². The van der Waals surface area contributed by atoms with Crippen LogP contribution in [0.2, 0.25) is 0 Å². The van der Waals surface area contributed by atoms with Gasteiger partial charge in [-0.3, -0.25) is 0 Å². The van der Waals surface area contributed by atoms with Gasteiger partial charge >= 0.3 is 12.1 Å². The lowest BCUT2D eigenvalue weighted by molar-refractivity contribution is 0.0693. The molecule has 0 radical (unpaired) electrons. The van der Waals surface area contributed by atoms with Crippen LogP contribution in [0, 0.1) is 0 Å². The lowest BCUT2D eigenvalue weighted by Gasteiger charge is -2.05. The Balaban J connectivity index is 0.000000216. The molecule has 0 aliphatic heterocycles. The third-order valence-corrected chi connectivity index (χ3v) is 4.04. The normalized spacial score (nSPS) is 9.77. The van der Waals surface area contributed by atoms with Crippen molar-refractivity contribution in [1.29, 1.82) is 0 Å². The molecule has 0 bridgehead atoms. The van der Waals surface area contributed by atoms with Gasteiger partial charge in [-0.05, 0) is 48.7 Å². The number of unbranched alkanes of at least 4 members (excludes halogenated alkanes) is 1. The molecule has 3 rings (SSSR count). The number of carboxylic acids is 1. The molecule has 6 heteroatoms. The maximum atomic E-state index is 11.3. The van der Waals surface area contributed by atoms with E-state index in [-0.39, 0.29) is 11.3 Å². The van der Waals surface area contributed by atoms with E-state index in [0.717, 1.165) is 19.3 Å². The van der Waals surface area contributed by atoms with E-state index >= 15 is 0 Å². The molecule has 6 nitrogen and oxygen atoms in total. The number of rotatable bonds is 6. The number of phenols is 1. The molecule has 0 spiro atoms. The maximum absolute atomic E-state index is 11.3. The van der Waals surface area contributed by atoms with Crippen LogP contribution < -0.4 is 9.47 Å². The number of carboxylic acid groups (broad SMARTS) is 1. The average molecular weight is 408 g/mol. The fourth-order valence-corrected chi connectivity index (χ4v) is 2.52. The summed E-state index contributed by atoms with van der Waals surface area (Å²) in [6.45, 7) is 2.05. The predicted molar refractivity (Wildman–Crippen MR) is 113 cm³/mol. The number of aryl methyl sites for hydroxylation is 1. The second-order valence-electron chi connectivity index (χ2n) is 6.30. The van der Waals surface area contributed by atoms with Crippen LogP contribution in [0.5, 0.6) is 17.2 Å². The predicted octanol–water partition coefficient (Wildman–Crippen LogP) is 5.70. The molecule has 0 aliphatic carbocycles. The van der Waals surface area contributed by atoms with Gasteiger partial charge in [0.15, 0.2) is 0 Å². The Morgan fingerprint density at radius 1 is 0.800 bits per heavy atom. The topological polar surface area (TPSA) is 93.1 Å². The van der Waals surface area contributed by atoms with Gasteiger partial charge in [0.25, 0.3) is 0 Å². The van der Waals surface area contributed by atoms with Gasteiger partial charge in [-0.1, -0.05) is 61.9 Å². The van der Waals surface area contributed by atoms with Crippen LogP contribution in [0.1, 0.15) is 35.7 Å². The number of ether oxygens (including phenoxy) is 2. The zero-order chi connectivity index (χ0) is 21.8. The third kappa shape index (κ3) is 7.31. The summed E-state index contributed by atoms with van der Waals surface area (Å²) in [6, 6.07) is 22.4. The van der Waals surface area contributed by atoms with E-state index < -0.39 is 12.1 Å². The molecule has 0 heterocycles. The lowest BCUT2D eigenvalue weighted by atomic mass is 10.0. The van der Waals surface area contributed by atoms with E-state index in [1.807, 2.05) is 12.1 Å². The summed E-state index contributed by atoms with van der Waals surface area (Å²) in [5, 5.41) is 18.4. The van der Waals surface area contributed by atoms with Crippen molar-refractivity contribution in [3.8, 4) is 17.2 Å². The summed E-state index contributed by atoms with van der Waals surface area (Å²) in [5.74, 6) is -0.249. The minimum absolute atomic E-state index is 0.0152. The van der Waals surface area contributed by atoms with Crippen molar-refractivity contribution in [2.45, 2.75) is 26.2 Å². The molecule has 0 unspecified atom stereocenters. The van der Waals surface area contributed by atoms with Crippen molar-refractivity contribution >= 4 is 12.1 Å². The first kappa shape index (κ1) is 22.5. The zero-order valence-electron chi connectivity index (χ0n) is 16.7. The minimum atomic E-state index is -1.08. The number of benzene rings is 3. The molecule has 0 amide bonds. The first-order valence-electron chi connectivity index (χ1n) is 9.55. The maximum Gasteiger partial charge on any atom is 0.519 e. The molecule has 0 saturated carbocycles. The molecule has 0 aliphatic rings. The number of para-hydroxylation sites is 3. The van der Waals surface area contributed by atoms with Gasteiger partial charge in [0.05, 0.1) is 0 Å². The van der Waals surface area contributed by atoms with E-state index in [1.54, 1.807) is 60.7 Å². The minimum Gasteiger partial charge on any atom is -0.507 e. The highest BCUT2D eigenvalue weighted by Crippen LogP contribution is 2.23. The van der Waals surface area contributed by atoms with Crippen molar-refractivity contribution in [2.24, 2.45) is 0 Å². The van der Waals surface area contributed by atoms with Gasteiger partial charge < -0.3 is 19.7 Å². The van der Waals surface area contributed by atoms with Gasteiger partial charge in [-0.15, -0.1) is 0 Å². The van der Waals surface area contributed by atoms with Crippen LogP contribution >= 0.6 is 0 Å². The summed E-state index contributed by atoms with van der Waals surface area (Å²) in [6.07, 6.45) is 1.97. The Labute approximate surface area is 175 Å². The molecule has 3 aromatic carbocycles. The second-order valence-corrected chi connectivity index (χ2v) is 6.30. The van der Waals surface area contributed by atoms with Crippen molar-refractivity contribution in [3.63, 3.8) is 0 Å². The summed E-state index contributed by atoms with van der Waals surface area (Å²) in [4.78, 5) is 22.0. The fourth-order valence-electron chi connectivity index (χ4n) is 2.52. The molecular weight excluding hydrogens is 384 g/mol. The number of hydrogen-bond acceptors (Lipinski definition) is 5. The SMILES string of the molecule is CCCCc1cccc(C(=O)O)c1O.O=C(Oc1ccccc1)Oc1ccccc1. The number of aromatic carboxylic acids is 1. The van der Waals surface area contributed by atoms with Crippen LogP contribution in [-0.2, 0) is 6.42 Å². The number of aromatic hydroxyl groups is 1. The summed E-state index contributed by atoms with van der Waals surface area (Å²) < 4.78 is 9.91. The highest BCUT2D eigenvalue weighted by atomic mass is 16.7. The van der Waals surface area contributed by atoms with Gasteiger partial charge in [-0.2, -0.15) is 0 Å².